The first-order valence-electron chi connectivity index (χ1n) is 12.2. The second-order valence-corrected chi connectivity index (χ2v) is 10.9. The van der Waals surface area contributed by atoms with Crippen LogP contribution in [0.5, 0.6) is 0 Å². The maximum atomic E-state index is 12.8. The highest BCUT2D eigenvalue weighted by atomic mass is 32.2. The molecule has 1 N–H and O–H groups in total. The van der Waals surface area contributed by atoms with Gasteiger partial charge in [-0.2, -0.15) is 0 Å². The number of amides is 1. The summed E-state index contributed by atoms with van der Waals surface area (Å²) in [6, 6.07) is 22.7. The van der Waals surface area contributed by atoms with E-state index in [1.54, 1.807) is 22.9 Å². The van der Waals surface area contributed by atoms with Crippen molar-refractivity contribution in [2.75, 3.05) is 11.1 Å². The number of nitrogens with one attached hydrogen (secondary N) is 1. The lowest BCUT2D eigenvalue weighted by atomic mass is 10.1. The molecule has 1 amide bonds. The van der Waals surface area contributed by atoms with Crippen LogP contribution in [0.25, 0.3) is 21.1 Å². The summed E-state index contributed by atoms with van der Waals surface area (Å²) in [6.07, 6.45) is 1.97. The van der Waals surface area contributed by atoms with Crippen molar-refractivity contribution in [3.63, 3.8) is 0 Å². The summed E-state index contributed by atoms with van der Waals surface area (Å²) >= 11 is 1.16. The lowest BCUT2D eigenvalue weighted by Crippen LogP contribution is -2.15. The zero-order valence-corrected chi connectivity index (χ0v) is 22.7. The molecule has 0 fully saturated rings. The molecule has 6 nitrogen and oxygen atoms in total. The van der Waals surface area contributed by atoms with Crippen LogP contribution in [0.4, 0.5) is 5.69 Å². The predicted molar refractivity (Wildman–Crippen MR) is 154 cm³/mol. The summed E-state index contributed by atoms with van der Waals surface area (Å²) in [5, 5.41) is 3.96. The molecule has 0 saturated heterocycles. The number of fused-ring (bicyclic) bond motifs is 2. The summed E-state index contributed by atoms with van der Waals surface area (Å²) in [4.78, 5) is 30.6. The maximum absolute atomic E-state index is 12.8. The average Bonchev–Trinajstić information content (AvgIpc) is 3.23. The van der Waals surface area contributed by atoms with Crippen LogP contribution in [0.2, 0.25) is 0 Å². The van der Waals surface area contributed by atoms with Crippen LogP contribution in [0.15, 0.2) is 88.7 Å². The highest BCUT2D eigenvalue weighted by Gasteiger charge is 2.12. The van der Waals surface area contributed by atoms with Crippen LogP contribution in [0, 0.1) is 0 Å². The molecule has 3 aromatic carbocycles. The van der Waals surface area contributed by atoms with E-state index in [2.05, 4.69) is 10.3 Å². The van der Waals surface area contributed by atoms with Crippen LogP contribution in [0.1, 0.15) is 31.9 Å². The molecule has 2 aromatic heterocycles. The second kappa shape index (κ2) is 12.1. The van der Waals surface area contributed by atoms with Crippen molar-refractivity contribution in [2.45, 2.75) is 38.6 Å². The van der Waals surface area contributed by atoms with E-state index in [4.69, 9.17) is 0 Å². The molecule has 8 heteroatoms. The first-order chi connectivity index (χ1) is 18.0. The van der Waals surface area contributed by atoms with Crippen molar-refractivity contribution in [3.05, 3.63) is 99.8 Å². The molecular weight excluding hydrogens is 502 g/mol. The van der Waals surface area contributed by atoms with Crippen molar-refractivity contribution in [2.24, 2.45) is 0 Å². The Kier molecular flexibility index (Phi) is 8.63. The number of hydrogen-bond acceptors (Lipinski definition) is 5. The van der Waals surface area contributed by atoms with Crippen molar-refractivity contribution in [1.29, 1.82) is 0 Å². The Hall–Kier alpha value is -3.62. The molecule has 0 aliphatic carbocycles. The number of hydrogen-bond donors (Lipinski definition) is 1. The Labute approximate surface area is 222 Å². The van der Waals surface area contributed by atoms with E-state index in [9.17, 15) is 13.8 Å². The number of pyridine rings is 1. The number of para-hydroxylation sites is 1. The third-order valence-electron chi connectivity index (χ3n) is 5.81. The minimum atomic E-state index is -1.01. The van der Waals surface area contributed by atoms with Gasteiger partial charge in [-0.3, -0.25) is 23.3 Å². The minimum Gasteiger partial charge on any atom is -0.326 e. The van der Waals surface area contributed by atoms with E-state index in [0.29, 0.717) is 18.0 Å². The fourth-order valence-electron chi connectivity index (χ4n) is 4.08. The molecule has 2 heterocycles. The number of anilines is 1. The summed E-state index contributed by atoms with van der Waals surface area (Å²) in [5.74, 6) is 0.414. The van der Waals surface area contributed by atoms with Crippen LogP contribution < -0.4 is 10.2 Å². The maximum Gasteiger partial charge on any atom is 0.308 e. The van der Waals surface area contributed by atoms with Crippen LogP contribution in [0.3, 0.4) is 0 Å². The average molecular weight is 532 g/mol. The zero-order chi connectivity index (χ0) is 26.4. The van der Waals surface area contributed by atoms with E-state index >= 15 is 0 Å². The lowest BCUT2D eigenvalue weighted by Gasteiger charge is -2.09. The first-order valence-corrected chi connectivity index (χ1v) is 14.4. The second-order valence-electron chi connectivity index (χ2n) is 8.13. The molecule has 0 aliphatic heterocycles. The van der Waals surface area contributed by atoms with Gasteiger partial charge in [0.1, 0.15) is 0 Å². The Morgan fingerprint density at radius 3 is 2.54 bits per heavy atom. The van der Waals surface area contributed by atoms with Crippen LogP contribution in [-0.4, -0.2) is 25.4 Å². The Morgan fingerprint density at radius 2 is 1.78 bits per heavy atom. The largest absolute Gasteiger partial charge is 0.326 e. The van der Waals surface area contributed by atoms with Crippen LogP contribution >= 0.6 is 11.3 Å². The molecule has 0 spiro atoms. The highest BCUT2D eigenvalue weighted by Crippen LogP contribution is 2.24. The fourth-order valence-corrected chi connectivity index (χ4v) is 5.78. The SMILES string of the molecule is CC.CCS(=O)c1ccc(CC(=O)Nc2ccc3c(c2)sc(=O)n3Cc2cccc3cccnc23)cc1. The van der Waals surface area contributed by atoms with Gasteiger partial charge in [0.25, 0.3) is 0 Å². The topological polar surface area (TPSA) is 81.1 Å². The van der Waals surface area contributed by atoms with Gasteiger partial charge in [0, 0.05) is 27.9 Å². The van der Waals surface area contributed by atoms with Crippen molar-refractivity contribution >= 4 is 54.9 Å². The fraction of sp³-hybridized carbons (Fsp3) is 0.207. The normalized spacial score (nSPS) is 11.6. The minimum absolute atomic E-state index is 0.0547. The lowest BCUT2D eigenvalue weighted by molar-refractivity contribution is -0.115. The molecule has 0 bridgehead atoms. The highest BCUT2D eigenvalue weighted by molar-refractivity contribution is 7.85. The zero-order valence-electron chi connectivity index (χ0n) is 21.1. The van der Waals surface area contributed by atoms with E-state index in [-0.39, 0.29) is 17.2 Å². The molecular formula is C29H29N3O3S2. The van der Waals surface area contributed by atoms with Gasteiger partial charge in [-0.05, 0) is 47.5 Å². The number of aromatic nitrogens is 2. The van der Waals surface area contributed by atoms with Crippen molar-refractivity contribution in [1.82, 2.24) is 9.55 Å². The van der Waals surface area contributed by atoms with Gasteiger partial charge in [0.2, 0.25) is 5.91 Å². The number of thiazole rings is 1. The van der Waals surface area contributed by atoms with E-state index < -0.39 is 10.8 Å². The summed E-state index contributed by atoms with van der Waals surface area (Å²) in [7, 11) is -1.01. The molecule has 0 aliphatic rings. The number of benzene rings is 3. The molecule has 5 rings (SSSR count). The Balaban J connectivity index is 0.00000156. The van der Waals surface area contributed by atoms with Gasteiger partial charge in [0.05, 0.1) is 39.5 Å². The molecule has 0 saturated carbocycles. The van der Waals surface area contributed by atoms with E-state index in [0.717, 1.165) is 48.5 Å². The smallest absolute Gasteiger partial charge is 0.308 e. The predicted octanol–water partition coefficient (Wildman–Crippen LogP) is 5.99. The molecule has 5 aromatic rings. The number of nitrogens with zero attached hydrogens (tertiary/aromatic N) is 2. The van der Waals surface area contributed by atoms with Crippen LogP contribution in [-0.2, 0) is 28.6 Å². The number of carbonyl (C=O) groups is 1. The van der Waals surface area contributed by atoms with Gasteiger partial charge in [0.15, 0.2) is 0 Å². The van der Waals surface area contributed by atoms with E-state index in [1.165, 1.54) is 0 Å². The van der Waals surface area contributed by atoms with Crippen molar-refractivity contribution < 1.29 is 9.00 Å². The van der Waals surface area contributed by atoms with Gasteiger partial charge in [-0.1, -0.05) is 68.5 Å². The number of rotatable bonds is 7. The van der Waals surface area contributed by atoms with Gasteiger partial charge >= 0.3 is 4.87 Å². The van der Waals surface area contributed by atoms with Gasteiger partial charge in [-0.15, -0.1) is 0 Å². The standard InChI is InChI=1S/C27H23N3O3S2.C2H6/c1-2-35(33)22-11-8-18(9-12-22)15-25(31)29-21-10-13-23-24(16-21)34-27(32)30(23)17-20-6-3-5-19-7-4-14-28-26(19)20;1-2/h3-14,16H,2,15,17H2,1H3,(H,29,31);1-2H3. The molecule has 0 radical (unpaired) electrons. The Morgan fingerprint density at radius 1 is 1.03 bits per heavy atom. The molecule has 1 atom stereocenters. The monoisotopic (exact) mass is 531 g/mol. The van der Waals surface area contributed by atoms with Gasteiger partial charge in [-0.25, -0.2) is 0 Å². The summed E-state index contributed by atoms with van der Waals surface area (Å²) < 4.78 is 14.4. The Bertz CT molecular complexity index is 1620. The number of carbonyl (C=O) groups excluding carboxylic acids is 1. The third kappa shape index (κ3) is 6.03. The molecule has 190 valence electrons. The third-order valence-corrected chi connectivity index (χ3v) is 8.07. The summed E-state index contributed by atoms with van der Waals surface area (Å²) in [6.45, 7) is 6.30. The van der Waals surface area contributed by atoms with Gasteiger partial charge < -0.3 is 5.32 Å². The summed E-state index contributed by atoms with van der Waals surface area (Å²) in [5.41, 5.74) is 4.19. The van der Waals surface area contributed by atoms with E-state index in [1.807, 2.05) is 81.4 Å². The van der Waals surface area contributed by atoms with Crippen molar-refractivity contribution in [3.8, 4) is 0 Å². The quantitative estimate of drug-likeness (QED) is 0.280. The molecule has 37 heavy (non-hydrogen) atoms. The molecule has 1 unspecified atom stereocenters. The first kappa shape index (κ1) is 26.4.